The van der Waals surface area contributed by atoms with E-state index in [-0.39, 0.29) is 12.5 Å². The fourth-order valence-corrected chi connectivity index (χ4v) is 1.78. The Morgan fingerprint density at radius 3 is 2.73 bits per heavy atom. The van der Waals surface area contributed by atoms with Gasteiger partial charge in [0, 0.05) is 6.54 Å². The van der Waals surface area contributed by atoms with E-state index in [1.807, 2.05) is 12.3 Å². The third-order valence-corrected chi connectivity index (χ3v) is 2.99. The summed E-state index contributed by atoms with van der Waals surface area (Å²) in [5.74, 6) is -1.67. The lowest BCUT2D eigenvalue weighted by Crippen LogP contribution is -2.30. The van der Waals surface area contributed by atoms with Crippen LogP contribution < -0.4 is 5.32 Å². The van der Waals surface area contributed by atoms with Crippen LogP contribution in [-0.4, -0.2) is 23.5 Å². The highest BCUT2D eigenvalue weighted by Gasteiger charge is 2.13. The van der Waals surface area contributed by atoms with Crippen LogP contribution in [0, 0.1) is 12.8 Å². The van der Waals surface area contributed by atoms with Crippen molar-refractivity contribution in [3.63, 3.8) is 0 Å². The van der Waals surface area contributed by atoms with E-state index >= 15 is 0 Å². The smallest absolute Gasteiger partial charge is 0.308 e. The van der Waals surface area contributed by atoms with Gasteiger partial charge in [0.25, 0.3) is 5.91 Å². The first kappa shape index (κ1) is 11.7. The number of hydrogen-bond donors (Lipinski definition) is 2. The van der Waals surface area contributed by atoms with Gasteiger partial charge in [-0.3, -0.25) is 9.59 Å². The van der Waals surface area contributed by atoms with Gasteiger partial charge in [-0.2, -0.15) is 0 Å². The lowest BCUT2D eigenvalue weighted by molar-refractivity contribution is -0.140. The second-order valence-electron chi connectivity index (χ2n) is 3.44. The molecule has 1 heterocycles. The SMILES string of the molecule is Cc1csc(C(=O)NCC(C)C(=O)O)c1. The monoisotopic (exact) mass is 227 g/mol. The Morgan fingerprint density at radius 2 is 2.27 bits per heavy atom. The molecule has 1 unspecified atom stereocenters. The van der Waals surface area contributed by atoms with Crippen LogP contribution in [-0.2, 0) is 4.79 Å². The molecule has 0 saturated heterocycles. The summed E-state index contributed by atoms with van der Waals surface area (Å²) in [6.07, 6.45) is 0. The van der Waals surface area contributed by atoms with Gasteiger partial charge in [0.1, 0.15) is 0 Å². The van der Waals surface area contributed by atoms with Crippen molar-refractivity contribution in [3.8, 4) is 0 Å². The summed E-state index contributed by atoms with van der Waals surface area (Å²) in [5.41, 5.74) is 1.04. The van der Waals surface area contributed by atoms with Crippen molar-refractivity contribution in [3.05, 3.63) is 21.9 Å². The lowest BCUT2D eigenvalue weighted by atomic mass is 10.2. The number of aryl methyl sites for hydroxylation is 1. The molecule has 0 aliphatic carbocycles. The lowest BCUT2D eigenvalue weighted by Gasteiger charge is -2.06. The number of nitrogens with one attached hydrogen (secondary N) is 1. The molecule has 1 aromatic rings. The standard InChI is InChI=1S/C10H13NO3S/c1-6-3-8(15-5-6)9(12)11-4-7(2)10(13)14/h3,5,7H,4H2,1-2H3,(H,11,12)(H,13,14). The van der Waals surface area contributed by atoms with Crippen molar-refractivity contribution in [2.75, 3.05) is 6.54 Å². The maximum Gasteiger partial charge on any atom is 0.308 e. The van der Waals surface area contributed by atoms with Crippen LogP contribution in [0.5, 0.6) is 0 Å². The molecule has 1 aromatic heterocycles. The number of carbonyl (C=O) groups is 2. The van der Waals surface area contributed by atoms with E-state index in [2.05, 4.69) is 5.32 Å². The number of carboxylic acids is 1. The molecule has 5 heteroatoms. The van der Waals surface area contributed by atoms with E-state index in [1.54, 1.807) is 13.0 Å². The van der Waals surface area contributed by atoms with E-state index < -0.39 is 11.9 Å². The molecule has 0 saturated carbocycles. The van der Waals surface area contributed by atoms with Crippen molar-refractivity contribution in [1.29, 1.82) is 0 Å². The summed E-state index contributed by atoms with van der Waals surface area (Å²) < 4.78 is 0. The van der Waals surface area contributed by atoms with Crippen LogP contribution >= 0.6 is 11.3 Å². The Labute approximate surface area is 91.9 Å². The molecule has 0 spiro atoms. The van der Waals surface area contributed by atoms with E-state index in [0.29, 0.717) is 4.88 Å². The van der Waals surface area contributed by atoms with Crippen molar-refractivity contribution < 1.29 is 14.7 Å². The Bertz CT molecular complexity index is 372. The highest BCUT2D eigenvalue weighted by atomic mass is 32.1. The van der Waals surface area contributed by atoms with Gasteiger partial charge in [0.05, 0.1) is 10.8 Å². The minimum Gasteiger partial charge on any atom is -0.481 e. The number of thiophene rings is 1. The molecule has 82 valence electrons. The summed E-state index contributed by atoms with van der Waals surface area (Å²) in [5, 5.41) is 13.1. The molecular weight excluding hydrogens is 214 g/mol. The highest BCUT2D eigenvalue weighted by Crippen LogP contribution is 2.13. The summed E-state index contributed by atoms with van der Waals surface area (Å²) in [4.78, 5) is 22.6. The Kier molecular flexibility index (Phi) is 3.85. The Balaban J connectivity index is 2.47. The van der Waals surface area contributed by atoms with Crippen LogP contribution in [0.3, 0.4) is 0 Å². The number of hydrogen-bond acceptors (Lipinski definition) is 3. The van der Waals surface area contributed by atoms with Crippen LogP contribution in [0.2, 0.25) is 0 Å². The largest absolute Gasteiger partial charge is 0.481 e. The van der Waals surface area contributed by atoms with Gasteiger partial charge >= 0.3 is 5.97 Å². The zero-order valence-corrected chi connectivity index (χ0v) is 9.43. The van der Waals surface area contributed by atoms with Gasteiger partial charge in [-0.25, -0.2) is 0 Å². The van der Waals surface area contributed by atoms with Crippen LogP contribution in [0.4, 0.5) is 0 Å². The van der Waals surface area contributed by atoms with Crippen LogP contribution in [0.1, 0.15) is 22.2 Å². The average molecular weight is 227 g/mol. The third kappa shape index (κ3) is 3.36. The van der Waals surface area contributed by atoms with Crippen LogP contribution in [0.15, 0.2) is 11.4 Å². The molecule has 0 aliphatic rings. The van der Waals surface area contributed by atoms with Gasteiger partial charge in [0.2, 0.25) is 0 Å². The maximum absolute atomic E-state index is 11.5. The zero-order chi connectivity index (χ0) is 11.4. The van der Waals surface area contributed by atoms with Crippen molar-refractivity contribution >= 4 is 23.2 Å². The molecule has 15 heavy (non-hydrogen) atoms. The van der Waals surface area contributed by atoms with E-state index in [9.17, 15) is 9.59 Å². The molecule has 0 radical (unpaired) electrons. The van der Waals surface area contributed by atoms with Gasteiger partial charge in [0.15, 0.2) is 0 Å². The average Bonchev–Trinajstić information content (AvgIpc) is 2.60. The normalized spacial score (nSPS) is 12.1. The van der Waals surface area contributed by atoms with Crippen LogP contribution in [0.25, 0.3) is 0 Å². The predicted molar refractivity (Wildman–Crippen MR) is 58.2 cm³/mol. The van der Waals surface area contributed by atoms with E-state index in [0.717, 1.165) is 5.56 Å². The van der Waals surface area contributed by atoms with Gasteiger partial charge < -0.3 is 10.4 Å². The first-order valence-electron chi connectivity index (χ1n) is 4.57. The predicted octanol–water partition coefficient (Wildman–Crippen LogP) is 1.51. The molecule has 4 nitrogen and oxygen atoms in total. The van der Waals surface area contributed by atoms with E-state index in [4.69, 9.17) is 5.11 Å². The minimum atomic E-state index is -0.905. The molecule has 2 N–H and O–H groups in total. The molecule has 1 rings (SSSR count). The molecule has 0 aromatic carbocycles. The summed E-state index contributed by atoms with van der Waals surface area (Å²) in [6, 6.07) is 1.78. The first-order chi connectivity index (χ1) is 7.00. The number of rotatable bonds is 4. The third-order valence-electron chi connectivity index (χ3n) is 1.94. The fraction of sp³-hybridized carbons (Fsp3) is 0.400. The molecule has 0 aliphatic heterocycles. The Hall–Kier alpha value is -1.36. The van der Waals surface area contributed by atoms with Crippen molar-refractivity contribution in [1.82, 2.24) is 5.32 Å². The molecule has 0 fully saturated rings. The van der Waals surface area contributed by atoms with Gasteiger partial charge in [-0.15, -0.1) is 11.3 Å². The second kappa shape index (κ2) is 4.93. The minimum absolute atomic E-state index is 0.158. The molecule has 1 atom stereocenters. The summed E-state index contributed by atoms with van der Waals surface area (Å²) in [6.45, 7) is 3.63. The van der Waals surface area contributed by atoms with Gasteiger partial charge in [-0.1, -0.05) is 6.92 Å². The maximum atomic E-state index is 11.5. The van der Waals surface area contributed by atoms with E-state index in [1.165, 1.54) is 11.3 Å². The first-order valence-corrected chi connectivity index (χ1v) is 5.45. The number of amides is 1. The Morgan fingerprint density at radius 1 is 1.60 bits per heavy atom. The molecule has 1 amide bonds. The summed E-state index contributed by atoms with van der Waals surface area (Å²) >= 11 is 1.36. The summed E-state index contributed by atoms with van der Waals surface area (Å²) in [7, 11) is 0. The quantitative estimate of drug-likeness (QED) is 0.819. The van der Waals surface area contributed by atoms with Crippen molar-refractivity contribution in [2.45, 2.75) is 13.8 Å². The fourth-order valence-electron chi connectivity index (χ4n) is 0.971. The zero-order valence-electron chi connectivity index (χ0n) is 8.61. The number of aliphatic carboxylic acids is 1. The molecule has 0 bridgehead atoms. The highest BCUT2D eigenvalue weighted by molar-refractivity contribution is 7.12. The second-order valence-corrected chi connectivity index (χ2v) is 4.35. The number of carbonyl (C=O) groups excluding carboxylic acids is 1. The van der Waals surface area contributed by atoms with Crippen molar-refractivity contribution in [2.24, 2.45) is 5.92 Å². The molecular formula is C10H13NO3S. The topological polar surface area (TPSA) is 66.4 Å². The van der Waals surface area contributed by atoms with Gasteiger partial charge in [-0.05, 0) is 23.9 Å². The number of carboxylic acid groups (broad SMARTS) is 1.